The van der Waals surface area contributed by atoms with E-state index in [1.54, 1.807) is 0 Å². The highest BCUT2D eigenvalue weighted by atomic mass is 16.5. The van der Waals surface area contributed by atoms with Gasteiger partial charge in [0.2, 0.25) is 0 Å². The van der Waals surface area contributed by atoms with E-state index in [0.717, 1.165) is 45.4 Å². The Morgan fingerprint density at radius 2 is 2.25 bits per heavy atom. The molecule has 0 bridgehead atoms. The van der Waals surface area contributed by atoms with Crippen LogP contribution in [0.1, 0.15) is 52.4 Å². The average molecular weight is 279 g/mol. The standard InChI is InChI=1S/C16H29N3O/c1-3-10-20-15-6-5-9-19(12-15)14-7-8-16(11-14,13-17)18-4-2/h14-15,18H,3-12H2,1-2H3. The molecule has 1 heterocycles. The lowest BCUT2D eigenvalue weighted by atomic mass is 9.98. The van der Waals surface area contributed by atoms with Gasteiger partial charge in [0.1, 0.15) is 5.54 Å². The van der Waals surface area contributed by atoms with Gasteiger partial charge in [0.05, 0.1) is 12.2 Å². The molecule has 4 heteroatoms. The van der Waals surface area contributed by atoms with Gasteiger partial charge in [0, 0.05) is 19.2 Å². The van der Waals surface area contributed by atoms with Crippen LogP contribution >= 0.6 is 0 Å². The third-order valence-electron chi connectivity index (χ3n) is 4.70. The Kier molecular flexibility index (Phi) is 5.83. The number of rotatable bonds is 6. The maximum absolute atomic E-state index is 9.48. The van der Waals surface area contributed by atoms with Gasteiger partial charge >= 0.3 is 0 Å². The van der Waals surface area contributed by atoms with E-state index in [1.807, 2.05) is 0 Å². The maximum atomic E-state index is 9.48. The number of likely N-dealkylation sites (tertiary alicyclic amines) is 1. The summed E-state index contributed by atoms with van der Waals surface area (Å²) in [6, 6.07) is 3.08. The van der Waals surface area contributed by atoms with E-state index in [9.17, 15) is 5.26 Å². The summed E-state index contributed by atoms with van der Waals surface area (Å²) in [6.07, 6.45) is 7.02. The van der Waals surface area contributed by atoms with Crippen molar-refractivity contribution in [3.63, 3.8) is 0 Å². The molecule has 0 radical (unpaired) electrons. The van der Waals surface area contributed by atoms with Crippen molar-refractivity contribution >= 4 is 0 Å². The number of hydrogen-bond acceptors (Lipinski definition) is 4. The highest BCUT2D eigenvalue weighted by Gasteiger charge is 2.41. The van der Waals surface area contributed by atoms with E-state index < -0.39 is 0 Å². The molecule has 1 N–H and O–H groups in total. The Labute approximate surface area is 123 Å². The largest absolute Gasteiger partial charge is 0.377 e. The van der Waals surface area contributed by atoms with Crippen molar-refractivity contribution in [1.82, 2.24) is 10.2 Å². The predicted octanol–water partition coefficient (Wildman–Crippen LogP) is 2.30. The fourth-order valence-corrected chi connectivity index (χ4v) is 3.69. The molecule has 0 amide bonds. The molecule has 20 heavy (non-hydrogen) atoms. The third kappa shape index (κ3) is 3.72. The summed E-state index contributed by atoms with van der Waals surface area (Å²) in [4.78, 5) is 2.57. The van der Waals surface area contributed by atoms with Crippen LogP contribution in [0.15, 0.2) is 0 Å². The Hall–Kier alpha value is -0.630. The fourth-order valence-electron chi connectivity index (χ4n) is 3.69. The van der Waals surface area contributed by atoms with E-state index >= 15 is 0 Å². The molecular weight excluding hydrogens is 250 g/mol. The lowest BCUT2D eigenvalue weighted by Gasteiger charge is -2.37. The molecule has 2 fully saturated rings. The number of nitrogens with one attached hydrogen (secondary N) is 1. The molecule has 0 spiro atoms. The summed E-state index contributed by atoms with van der Waals surface area (Å²) in [5.41, 5.74) is -0.281. The first kappa shape index (κ1) is 15.8. The van der Waals surface area contributed by atoms with Gasteiger partial charge in [-0.3, -0.25) is 10.2 Å². The van der Waals surface area contributed by atoms with E-state index in [2.05, 4.69) is 30.1 Å². The van der Waals surface area contributed by atoms with Gasteiger partial charge in [-0.05, 0) is 51.6 Å². The second-order valence-electron chi connectivity index (χ2n) is 6.25. The van der Waals surface area contributed by atoms with Crippen LogP contribution < -0.4 is 5.32 Å². The smallest absolute Gasteiger partial charge is 0.108 e. The lowest BCUT2D eigenvalue weighted by Crippen LogP contribution is -2.47. The van der Waals surface area contributed by atoms with Crippen LogP contribution in [-0.4, -0.2) is 48.8 Å². The van der Waals surface area contributed by atoms with E-state index in [4.69, 9.17) is 4.74 Å². The van der Waals surface area contributed by atoms with Crippen LogP contribution in [0.25, 0.3) is 0 Å². The maximum Gasteiger partial charge on any atom is 0.108 e. The van der Waals surface area contributed by atoms with Gasteiger partial charge in [0.25, 0.3) is 0 Å². The Morgan fingerprint density at radius 3 is 2.95 bits per heavy atom. The van der Waals surface area contributed by atoms with Crippen LogP contribution in [-0.2, 0) is 4.74 Å². The Balaban J connectivity index is 1.87. The molecule has 1 saturated carbocycles. The van der Waals surface area contributed by atoms with Gasteiger partial charge in [-0.25, -0.2) is 0 Å². The highest BCUT2D eigenvalue weighted by Crippen LogP contribution is 2.34. The topological polar surface area (TPSA) is 48.3 Å². The van der Waals surface area contributed by atoms with Crippen molar-refractivity contribution < 1.29 is 4.74 Å². The predicted molar refractivity (Wildman–Crippen MR) is 80.5 cm³/mol. The van der Waals surface area contributed by atoms with Gasteiger partial charge in [-0.2, -0.15) is 5.26 Å². The number of piperidine rings is 1. The summed E-state index contributed by atoms with van der Waals surface area (Å²) in [7, 11) is 0. The van der Waals surface area contributed by atoms with Crippen molar-refractivity contribution in [1.29, 1.82) is 5.26 Å². The number of hydrogen-bond donors (Lipinski definition) is 1. The summed E-state index contributed by atoms with van der Waals surface area (Å²) in [5, 5.41) is 12.9. The van der Waals surface area contributed by atoms with Gasteiger partial charge in [-0.15, -0.1) is 0 Å². The molecule has 0 aromatic heterocycles. The Bertz CT molecular complexity index is 341. The van der Waals surface area contributed by atoms with Gasteiger partial charge in [-0.1, -0.05) is 13.8 Å². The Morgan fingerprint density at radius 1 is 1.40 bits per heavy atom. The zero-order valence-corrected chi connectivity index (χ0v) is 13.0. The monoisotopic (exact) mass is 279 g/mol. The molecule has 114 valence electrons. The molecule has 4 nitrogen and oxygen atoms in total. The van der Waals surface area contributed by atoms with Crippen LogP contribution in [0.4, 0.5) is 0 Å². The minimum Gasteiger partial charge on any atom is -0.377 e. The number of nitriles is 1. The summed E-state index contributed by atoms with van der Waals surface area (Å²) in [5.74, 6) is 0. The van der Waals surface area contributed by atoms with Gasteiger partial charge < -0.3 is 4.74 Å². The normalized spacial score (nSPS) is 35.0. The van der Waals surface area contributed by atoms with Crippen LogP contribution in [0.3, 0.4) is 0 Å². The lowest BCUT2D eigenvalue weighted by molar-refractivity contribution is -0.0122. The van der Waals surface area contributed by atoms with E-state index in [1.165, 1.54) is 19.4 Å². The molecule has 2 rings (SSSR count). The molecule has 3 atom stereocenters. The van der Waals surface area contributed by atoms with Crippen molar-refractivity contribution in [2.24, 2.45) is 0 Å². The number of nitrogens with zero attached hydrogens (tertiary/aromatic N) is 2. The third-order valence-corrected chi connectivity index (χ3v) is 4.70. The molecule has 1 aliphatic heterocycles. The fraction of sp³-hybridized carbons (Fsp3) is 0.938. The van der Waals surface area contributed by atoms with Crippen molar-refractivity contribution in [2.45, 2.75) is 70.1 Å². The number of ether oxygens (including phenoxy) is 1. The first-order valence-electron chi connectivity index (χ1n) is 8.25. The molecule has 1 aliphatic carbocycles. The average Bonchev–Trinajstić information content (AvgIpc) is 2.91. The zero-order valence-electron chi connectivity index (χ0n) is 13.0. The summed E-state index contributed by atoms with van der Waals surface area (Å²) in [6.45, 7) is 8.23. The van der Waals surface area contributed by atoms with Crippen molar-refractivity contribution in [2.75, 3.05) is 26.2 Å². The second kappa shape index (κ2) is 7.40. The molecule has 0 aromatic rings. The molecular formula is C16H29N3O. The molecule has 1 saturated heterocycles. The molecule has 2 aliphatic rings. The first-order valence-corrected chi connectivity index (χ1v) is 8.25. The quantitative estimate of drug-likeness (QED) is 0.810. The van der Waals surface area contributed by atoms with Crippen LogP contribution in [0.5, 0.6) is 0 Å². The van der Waals surface area contributed by atoms with Crippen molar-refractivity contribution in [3.05, 3.63) is 0 Å². The SMILES string of the molecule is CCCOC1CCCN(C2CCC(C#N)(NCC)C2)C1. The summed E-state index contributed by atoms with van der Waals surface area (Å²) < 4.78 is 5.93. The van der Waals surface area contributed by atoms with E-state index in [0.29, 0.717) is 12.1 Å². The van der Waals surface area contributed by atoms with Crippen LogP contribution in [0.2, 0.25) is 0 Å². The van der Waals surface area contributed by atoms with E-state index in [-0.39, 0.29) is 5.54 Å². The summed E-state index contributed by atoms with van der Waals surface area (Å²) >= 11 is 0. The molecule has 0 aromatic carbocycles. The minimum atomic E-state index is -0.281. The van der Waals surface area contributed by atoms with Crippen LogP contribution in [0, 0.1) is 11.3 Å². The van der Waals surface area contributed by atoms with Gasteiger partial charge in [0.15, 0.2) is 0 Å². The minimum absolute atomic E-state index is 0.281. The first-order chi connectivity index (χ1) is 9.73. The zero-order chi connectivity index (χ0) is 14.4. The second-order valence-corrected chi connectivity index (χ2v) is 6.25. The molecule has 3 unspecified atom stereocenters. The van der Waals surface area contributed by atoms with Crippen molar-refractivity contribution in [3.8, 4) is 6.07 Å². The highest BCUT2D eigenvalue weighted by molar-refractivity contribution is 5.13.